The molecule has 0 atom stereocenters. The third-order valence-electron chi connectivity index (χ3n) is 3.84. The number of hydrogen-bond donors (Lipinski definition) is 2. The van der Waals surface area contributed by atoms with Crippen molar-refractivity contribution in [1.82, 2.24) is 0 Å². The summed E-state index contributed by atoms with van der Waals surface area (Å²) in [4.78, 5) is 20.9. The fourth-order valence-electron chi connectivity index (χ4n) is 2.44. The van der Waals surface area contributed by atoms with Crippen LogP contribution >= 0.6 is 0 Å². The lowest BCUT2D eigenvalue weighted by atomic mass is 10.0. The predicted octanol–water partition coefficient (Wildman–Crippen LogP) is 4.15. The molecule has 0 aliphatic rings. The lowest BCUT2D eigenvalue weighted by Gasteiger charge is -2.05. The fraction of sp³-hybridized carbons (Fsp3) is 0.300. The van der Waals surface area contributed by atoms with E-state index in [1.807, 2.05) is 13.8 Å². The van der Waals surface area contributed by atoms with Gasteiger partial charge in [-0.15, -0.1) is 0 Å². The third-order valence-corrected chi connectivity index (χ3v) is 3.84. The molecule has 0 fully saturated rings. The van der Waals surface area contributed by atoms with E-state index < -0.39 is 0 Å². The highest BCUT2D eigenvalue weighted by Gasteiger charge is 2.05. The van der Waals surface area contributed by atoms with Crippen molar-refractivity contribution in [2.24, 2.45) is 0 Å². The average molecular weight is 328 g/mol. The molecular weight excluding hydrogens is 304 g/mol. The molecule has 128 valence electrons. The maximum absolute atomic E-state index is 10.5. The number of phenols is 2. The highest BCUT2D eigenvalue weighted by Crippen LogP contribution is 2.24. The van der Waals surface area contributed by atoms with Crippen molar-refractivity contribution in [3.63, 3.8) is 0 Å². The molecule has 0 aliphatic heterocycles. The van der Waals surface area contributed by atoms with Crippen molar-refractivity contribution in [1.29, 1.82) is 0 Å². The first-order valence-corrected chi connectivity index (χ1v) is 7.93. The quantitative estimate of drug-likeness (QED) is 0.827. The van der Waals surface area contributed by atoms with Gasteiger partial charge < -0.3 is 10.2 Å². The second-order valence-corrected chi connectivity index (χ2v) is 5.63. The molecule has 0 heterocycles. The summed E-state index contributed by atoms with van der Waals surface area (Å²) in [6.45, 7) is 7.48. The molecule has 2 N–H and O–H groups in total. The molecule has 0 unspecified atom stereocenters. The summed E-state index contributed by atoms with van der Waals surface area (Å²) in [5.41, 5.74) is 4.44. The zero-order valence-corrected chi connectivity index (χ0v) is 14.6. The summed E-state index contributed by atoms with van der Waals surface area (Å²) in [6, 6.07) is 6.80. The van der Waals surface area contributed by atoms with E-state index in [0.717, 1.165) is 47.7 Å². The van der Waals surface area contributed by atoms with Gasteiger partial charge in [0.25, 0.3) is 0 Å². The van der Waals surface area contributed by atoms with E-state index in [-0.39, 0.29) is 0 Å². The highest BCUT2D eigenvalue weighted by molar-refractivity contribution is 5.77. The van der Waals surface area contributed by atoms with E-state index in [1.165, 1.54) is 0 Å². The number of rotatable bonds is 4. The molecule has 2 rings (SSSR count). The van der Waals surface area contributed by atoms with E-state index in [9.17, 15) is 19.8 Å². The monoisotopic (exact) mass is 328 g/mol. The fourth-order valence-corrected chi connectivity index (χ4v) is 2.44. The molecule has 0 radical (unpaired) electrons. The highest BCUT2D eigenvalue weighted by atomic mass is 16.3. The van der Waals surface area contributed by atoms with E-state index in [0.29, 0.717) is 22.6 Å². The van der Waals surface area contributed by atoms with Gasteiger partial charge in [0.1, 0.15) is 24.1 Å². The Morgan fingerprint density at radius 3 is 1.33 bits per heavy atom. The maximum atomic E-state index is 10.5. The normalized spacial score (nSPS) is 9.83. The Balaban J connectivity index is 0.000000240. The zero-order chi connectivity index (χ0) is 18.3. The molecule has 0 spiro atoms. The lowest BCUT2D eigenvalue weighted by molar-refractivity contribution is 0.111. The summed E-state index contributed by atoms with van der Waals surface area (Å²) < 4.78 is 0. The first-order chi connectivity index (χ1) is 11.4. The van der Waals surface area contributed by atoms with Crippen LogP contribution in [-0.2, 0) is 12.8 Å². The van der Waals surface area contributed by atoms with Gasteiger partial charge in [-0.2, -0.15) is 0 Å². The Bertz CT molecular complexity index is 669. The van der Waals surface area contributed by atoms with Gasteiger partial charge in [-0.3, -0.25) is 9.59 Å². The van der Waals surface area contributed by atoms with E-state index in [4.69, 9.17) is 0 Å². The minimum atomic E-state index is 0.308. The van der Waals surface area contributed by atoms with Gasteiger partial charge in [0.15, 0.2) is 0 Å². The van der Waals surface area contributed by atoms with Crippen molar-refractivity contribution in [2.45, 2.75) is 40.5 Å². The van der Waals surface area contributed by atoms with Crippen molar-refractivity contribution < 1.29 is 19.8 Å². The molecule has 0 aliphatic carbocycles. The number of phenolic OH excluding ortho intramolecular Hbond substituents is 2. The minimum Gasteiger partial charge on any atom is -0.507 e. The van der Waals surface area contributed by atoms with Crippen molar-refractivity contribution in [3.8, 4) is 11.5 Å². The Labute approximate surface area is 142 Å². The smallest absolute Gasteiger partial charge is 0.150 e. The molecule has 2 aromatic carbocycles. The number of benzene rings is 2. The first kappa shape index (κ1) is 19.4. The Morgan fingerprint density at radius 1 is 0.750 bits per heavy atom. The minimum absolute atomic E-state index is 0.308. The Hall–Kier alpha value is -2.62. The van der Waals surface area contributed by atoms with Gasteiger partial charge in [0.05, 0.1) is 0 Å². The second-order valence-electron chi connectivity index (χ2n) is 5.63. The topological polar surface area (TPSA) is 74.6 Å². The third kappa shape index (κ3) is 4.69. The Morgan fingerprint density at radius 2 is 1.08 bits per heavy atom. The summed E-state index contributed by atoms with van der Waals surface area (Å²) in [5, 5.41) is 19.0. The number of hydrogen-bond acceptors (Lipinski definition) is 4. The van der Waals surface area contributed by atoms with Crippen molar-refractivity contribution in [3.05, 3.63) is 57.6 Å². The SMILES string of the molecule is CCc1cc(C=O)cc(C)c1O.CCc1cc(C=O)cc(C)c1O. The molecule has 0 saturated carbocycles. The molecule has 24 heavy (non-hydrogen) atoms. The van der Waals surface area contributed by atoms with Gasteiger partial charge in [-0.1, -0.05) is 13.8 Å². The van der Waals surface area contributed by atoms with Crippen LogP contribution in [0.1, 0.15) is 56.8 Å². The standard InChI is InChI=1S/2C10H12O2/c2*1-3-9-5-8(6-11)4-7(2)10(9)12/h2*4-6,12H,3H2,1-2H3. The molecule has 4 heteroatoms. The van der Waals surface area contributed by atoms with Crippen LogP contribution in [0.5, 0.6) is 11.5 Å². The van der Waals surface area contributed by atoms with Gasteiger partial charge in [0, 0.05) is 11.1 Å². The van der Waals surface area contributed by atoms with E-state index >= 15 is 0 Å². The van der Waals surface area contributed by atoms with Crippen LogP contribution in [0.4, 0.5) is 0 Å². The zero-order valence-electron chi connectivity index (χ0n) is 14.6. The number of carbonyl (C=O) groups excluding carboxylic acids is 2. The van der Waals surface area contributed by atoms with Crippen LogP contribution < -0.4 is 0 Å². The van der Waals surface area contributed by atoms with Crippen LogP contribution in [0.15, 0.2) is 24.3 Å². The summed E-state index contributed by atoms with van der Waals surface area (Å²) >= 11 is 0. The van der Waals surface area contributed by atoms with Gasteiger partial charge in [-0.05, 0) is 73.2 Å². The summed E-state index contributed by atoms with van der Waals surface area (Å²) in [6.07, 6.45) is 3.08. The average Bonchev–Trinajstić information content (AvgIpc) is 2.59. The van der Waals surface area contributed by atoms with E-state index in [2.05, 4.69) is 0 Å². The molecule has 0 aromatic heterocycles. The predicted molar refractivity (Wildman–Crippen MR) is 95.2 cm³/mol. The number of aldehydes is 2. The van der Waals surface area contributed by atoms with E-state index in [1.54, 1.807) is 38.1 Å². The maximum Gasteiger partial charge on any atom is 0.150 e. The number of aryl methyl sites for hydroxylation is 4. The summed E-state index contributed by atoms with van der Waals surface area (Å²) in [7, 11) is 0. The van der Waals surface area contributed by atoms with Crippen LogP contribution in [0.2, 0.25) is 0 Å². The molecule has 0 bridgehead atoms. The van der Waals surface area contributed by atoms with Gasteiger partial charge >= 0.3 is 0 Å². The van der Waals surface area contributed by atoms with Crippen molar-refractivity contribution in [2.75, 3.05) is 0 Å². The van der Waals surface area contributed by atoms with Crippen molar-refractivity contribution >= 4 is 12.6 Å². The number of carbonyl (C=O) groups is 2. The molecule has 2 aromatic rings. The molecule has 0 amide bonds. The lowest BCUT2D eigenvalue weighted by Crippen LogP contribution is -1.89. The van der Waals surface area contributed by atoms with Gasteiger partial charge in [0.2, 0.25) is 0 Å². The Kier molecular flexibility index (Phi) is 7.18. The van der Waals surface area contributed by atoms with Crippen LogP contribution in [0.25, 0.3) is 0 Å². The van der Waals surface area contributed by atoms with Crippen LogP contribution in [0, 0.1) is 13.8 Å². The molecular formula is C20H24O4. The van der Waals surface area contributed by atoms with Crippen LogP contribution in [-0.4, -0.2) is 22.8 Å². The largest absolute Gasteiger partial charge is 0.507 e. The molecule has 4 nitrogen and oxygen atoms in total. The van der Waals surface area contributed by atoms with Crippen LogP contribution in [0.3, 0.4) is 0 Å². The first-order valence-electron chi connectivity index (χ1n) is 7.93. The number of aromatic hydroxyl groups is 2. The van der Waals surface area contributed by atoms with Gasteiger partial charge in [-0.25, -0.2) is 0 Å². The summed E-state index contributed by atoms with van der Waals surface area (Å²) in [5.74, 6) is 0.617. The molecule has 0 saturated heterocycles. The second kappa shape index (κ2) is 8.87.